The number of amides is 5. The molecule has 3 aromatic carbocycles. The number of aliphatic hydroxyl groups is 1. The second kappa shape index (κ2) is 23.7. The van der Waals surface area contributed by atoms with Crippen LogP contribution in [-0.2, 0) is 25.7 Å². The van der Waals surface area contributed by atoms with Crippen LogP contribution < -0.4 is 27.0 Å². The monoisotopic (exact) mass is 879 g/mol. The summed E-state index contributed by atoms with van der Waals surface area (Å²) in [4.78, 5) is 72.3. The fraction of sp³-hybridized carbons (Fsp3) is 0.469. The number of rotatable bonds is 22. The van der Waals surface area contributed by atoms with Crippen LogP contribution in [0.1, 0.15) is 126 Å². The molecule has 14 heteroatoms. The topological polar surface area (TPSA) is 196 Å². The number of hydrogen-bond acceptors (Lipinski definition) is 9. The van der Waals surface area contributed by atoms with Gasteiger partial charge in [-0.3, -0.25) is 24.0 Å². The molecule has 1 aliphatic heterocycles. The van der Waals surface area contributed by atoms with Crippen molar-refractivity contribution >= 4 is 57.9 Å². The number of nitrogen functional groups attached to an aromatic ring is 1. The fourth-order valence-corrected chi connectivity index (χ4v) is 8.54. The highest BCUT2D eigenvalue weighted by atomic mass is 32.1. The van der Waals surface area contributed by atoms with Gasteiger partial charge in [0, 0.05) is 43.6 Å². The summed E-state index contributed by atoms with van der Waals surface area (Å²) in [6.45, 7) is 7.97. The number of hydrogen-bond donors (Lipinski definition) is 6. The Hall–Kier alpha value is -5.60. The summed E-state index contributed by atoms with van der Waals surface area (Å²) in [6, 6.07) is 20.1. The Labute approximate surface area is 376 Å². The highest BCUT2D eigenvalue weighted by Crippen LogP contribution is 2.29. The number of aryl methyl sites for hydroxylation is 1. The molecule has 7 N–H and O–H groups in total. The third-order valence-corrected chi connectivity index (χ3v) is 12.4. The van der Waals surface area contributed by atoms with Crippen molar-refractivity contribution in [3.63, 3.8) is 0 Å². The third-order valence-electron chi connectivity index (χ3n) is 11.4. The number of carbonyl (C=O) groups excluding carboxylic acids is 5. The molecule has 3 atom stereocenters. The fourth-order valence-electron chi connectivity index (χ4n) is 7.73. The third kappa shape index (κ3) is 15.0. The summed E-state index contributed by atoms with van der Waals surface area (Å²) >= 11 is 1.58. The largest absolute Gasteiger partial charge is 0.397 e. The molecule has 1 fully saturated rings. The van der Waals surface area contributed by atoms with Gasteiger partial charge in [0.2, 0.25) is 23.6 Å². The quantitative estimate of drug-likeness (QED) is 0.0335. The number of likely N-dealkylation sites (tertiary alicyclic amines) is 1. The van der Waals surface area contributed by atoms with Crippen molar-refractivity contribution in [2.75, 3.05) is 22.9 Å². The Morgan fingerprint density at radius 1 is 0.810 bits per heavy atom. The molecule has 5 rings (SSSR count). The van der Waals surface area contributed by atoms with E-state index in [1.165, 1.54) is 4.90 Å². The zero-order valence-corrected chi connectivity index (χ0v) is 38.0. The van der Waals surface area contributed by atoms with Crippen LogP contribution in [0.25, 0.3) is 10.4 Å². The van der Waals surface area contributed by atoms with Gasteiger partial charge in [-0.2, -0.15) is 0 Å². The number of nitrogens with two attached hydrogens (primary N) is 1. The maximum absolute atomic E-state index is 14.0. The predicted molar refractivity (Wildman–Crippen MR) is 251 cm³/mol. The average molecular weight is 880 g/mol. The molecule has 0 spiro atoms. The van der Waals surface area contributed by atoms with Crippen LogP contribution in [0.15, 0.2) is 78.3 Å². The van der Waals surface area contributed by atoms with Crippen LogP contribution in [0.3, 0.4) is 0 Å². The van der Waals surface area contributed by atoms with E-state index in [1.54, 1.807) is 59.9 Å². The zero-order valence-electron chi connectivity index (χ0n) is 37.2. The molecule has 1 aromatic heterocycles. The lowest BCUT2D eigenvalue weighted by Gasteiger charge is -2.35. The van der Waals surface area contributed by atoms with E-state index in [1.807, 2.05) is 57.5 Å². The summed E-state index contributed by atoms with van der Waals surface area (Å²) in [5.74, 6) is -1.20. The molecule has 2 heterocycles. The molecular weight excluding hydrogens is 815 g/mol. The maximum Gasteiger partial charge on any atom is 0.255 e. The molecule has 63 heavy (non-hydrogen) atoms. The number of anilines is 3. The number of nitrogens with one attached hydrogen (secondary N) is 4. The SMILES string of the molecule is Cc1ncsc1-c1ccc(CNC(=O)C2CC(O)CN2C(=O)C(NC(=O)CCCCCCCCCCCCC(=O)Nc2ccc(C(=O)Nc3ccccc3N)cc2)C(C)(C)C)cc1. The van der Waals surface area contributed by atoms with Gasteiger partial charge in [-0.15, -0.1) is 11.3 Å². The highest BCUT2D eigenvalue weighted by Gasteiger charge is 2.44. The second-order valence-corrected chi connectivity index (χ2v) is 18.5. The molecule has 1 saturated heterocycles. The lowest BCUT2D eigenvalue weighted by molar-refractivity contribution is -0.144. The van der Waals surface area contributed by atoms with Crippen molar-refractivity contribution in [2.45, 2.75) is 136 Å². The molecule has 0 saturated carbocycles. The van der Waals surface area contributed by atoms with E-state index in [2.05, 4.69) is 26.3 Å². The van der Waals surface area contributed by atoms with Crippen molar-refractivity contribution in [3.8, 4) is 10.4 Å². The van der Waals surface area contributed by atoms with Crippen molar-refractivity contribution < 1.29 is 29.1 Å². The first-order valence-corrected chi connectivity index (χ1v) is 23.2. The summed E-state index contributed by atoms with van der Waals surface area (Å²) in [6.07, 6.45) is 10.1. The Kier molecular flexibility index (Phi) is 18.2. The average Bonchev–Trinajstić information content (AvgIpc) is 3.87. The van der Waals surface area contributed by atoms with Gasteiger partial charge in [-0.1, -0.05) is 109 Å². The molecule has 1 aliphatic rings. The second-order valence-electron chi connectivity index (χ2n) is 17.6. The Balaban J connectivity index is 0.914. The number of carbonyl (C=O) groups is 5. The summed E-state index contributed by atoms with van der Waals surface area (Å²) in [5.41, 5.74) is 12.2. The maximum atomic E-state index is 14.0. The zero-order chi connectivity index (χ0) is 45.4. The van der Waals surface area contributed by atoms with Crippen LogP contribution in [-0.4, -0.2) is 69.3 Å². The number of benzene rings is 3. The van der Waals surface area contributed by atoms with Crippen molar-refractivity contribution in [1.29, 1.82) is 0 Å². The van der Waals surface area contributed by atoms with Crippen LogP contribution in [0.5, 0.6) is 0 Å². The van der Waals surface area contributed by atoms with Crippen LogP contribution in [0.2, 0.25) is 0 Å². The van der Waals surface area contributed by atoms with E-state index in [0.29, 0.717) is 35.5 Å². The number of nitrogens with zero attached hydrogens (tertiary/aromatic N) is 2. The molecule has 4 aromatic rings. The number of para-hydroxylation sites is 2. The smallest absolute Gasteiger partial charge is 0.255 e. The number of aromatic nitrogens is 1. The van der Waals surface area contributed by atoms with Crippen LogP contribution >= 0.6 is 11.3 Å². The van der Waals surface area contributed by atoms with Gasteiger partial charge in [-0.25, -0.2) is 4.98 Å². The lowest BCUT2D eigenvalue weighted by atomic mass is 9.85. The predicted octanol–water partition coefficient (Wildman–Crippen LogP) is 8.38. The minimum atomic E-state index is -0.844. The van der Waals surface area contributed by atoms with E-state index in [4.69, 9.17) is 5.73 Å². The van der Waals surface area contributed by atoms with Gasteiger partial charge < -0.3 is 37.0 Å². The number of thiazole rings is 1. The molecule has 0 radical (unpaired) electrons. The van der Waals surface area contributed by atoms with Gasteiger partial charge in [0.1, 0.15) is 12.1 Å². The van der Waals surface area contributed by atoms with E-state index in [9.17, 15) is 29.1 Å². The molecule has 338 valence electrons. The Morgan fingerprint density at radius 2 is 1.41 bits per heavy atom. The molecule has 13 nitrogen and oxygen atoms in total. The minimum Gasteiger partial charge on any atom is -0.397 e. The minimum absolute atomic E-state index is 0.0347. The van der Waals surface area contributed by atoms with Crippen molar-refractivity contribution in [3.05, 3.63) is 95.1 Å². The molecule has 0 aliphatic carbocycles. The first kappa shape index (κ1) is 48.4. The lowest BCUT2D eigenvalue weighted by Crippen LogP contribution is -2.57. The first-order valence-electron chi connectivity index (χ1n) is 22.3. The number of unbranched alkanes of at least 4 members (excludes halogenated alkanes) is 9. The van der Waals surface area contributed by atoms with Crippen LogP contribution in [0, 0.1) is 12.3 Å². The summed E-state index contributed by atoms with van der Waals surface area (Å²) < 4.78 is 0. The molecule has 3 unspecified atom stereocenters. The Morgan fingerprint density at radius 3 is 2.00 bits per heavy atom. The molecule has 0 bridgehead atoms. The molecular formula is C49H65N7O6S. The van der Waals surface area contributed by atoms with Gasteiger partial charge in [0.15, 0.2) is 0 Å². The van der Waals surface area contributed by atoms with E-state index in [-0.39, 0.29) is 49.0 Å². The number of aliphatic hydroxyl groups excluding tert-OH is 1. The van der Waals surface area contributed by atoms with E-state index in [0.717, 1.165) is 85.9 Å². The van der Waals surface area contributed by atoms with Crippen LogP contribution in [0.4, 0.5) is 17.1 Å². The standard InChI is InChI=1S/C49H65N7O6S/c1-33-44(63-32-52-33)35-23-21-34(22-24-35)30-51-47(61)41-29-38(57)31-56(41)48(62)45(49(2,3)4)55-43(59)20-14-12-10-8-6-5-7-9-11-13-19-42(58)53-37-27-25-36(26-28-37)46(60)54-40-18-16-15-17-39(40)50/h15-18,21-28,32,38,41,45,57H,5-14,19-20,29-31,50H2,1-4H3,(H,51,61)(H,53,58)(H,54,60)(H,55,59). The van der Waals surface area contributed by atoms with Gasteiger partial charge in [-0.05, 0) is 72.7 Å². The van der Waals surface area contributed by atoms with Gasteiger partial charge in [0.05, 0.1) is 33.6 Å². The summed E-state index contributed by atoms with van der Waals surface area (Å²) in [5, 5.41) is 22.2. The van der Waals surface area contributed by atoms with Gasteiger partial charge >= 0.3 is 0 Å². The molecule has 5 amide bonds. The van der Waals surface area contributed by atoms with Crippen molar-refractivity contribution in [1.82, 2.24) is 20.5 Å². The number of β-amino-alcohol motifs (C(OH)–C–C–N with tert-alkyl or cyclic N) is 1. The van der Waals surface area contributed by atoms with Gasteiger partial charge in [0.25, 0.3) is 5.91 Å². The summed E-state index contributed by atoms with van der Waals surface area (Å²) in [7, 11) is 0. The first-order chi connectivity index (χ1) is 30.2. The van der Waals surface area contributed by atoms with Crippen molar-refractivity contribution in [2.24, 2.45) is 5.41 Å². The normalized spacial score (nSPS) is 15.4. The van der Waals surface area contributed by atoms with E-state index < -0.39 is 23.6 Å². The highest BCUT2D eigenvalue weighted by molar-refractivity contribution is 7.13. The van der Waals surface area contributed by atoms with E-state index >= 15 is 0 Å². The Bertz CT molecular complexity index is 2130.